The zero-order valence-corrected chi connectivity index (χ0v) is 7.88. The average molecular weight is 215 g/mol. The lowest BCUT2D eigenvalue weighted by Gasteiger charge is -2.10. The molecule has 1 aromatic carbocycles. The number of ether oxygens (including phenoxy) is 1. The number of nitrogens with zero attached hydrogens (tertiary/aromatic N) is 1. The number of rotatable bonds is 2. The van der Waals surface area contributed by atoms with Crippen LogP contribution in [0.15, 0.2) is 24.3 Å². The summed E-state index contributed by atoms with van der Waals surface area (Å²) in [5, 5.41) is 8.43. The molecule has 0 radical (unpaired) electrons. The van der Waals surface area contributed by atoms with Gasteiger partial charge >= 0.3 is 6.18 Å². The van der Waals surface area contributed by atoms with E-state index in [1.54, 1.807) is 6.07 Å². The number of nitriles is 1. The number of benzene rings is 1. The molecular formula is C10H8F3NO. The Balaban J connectivity index is 2.90. The highest BCUT2D eigenvalue weighted by Crippen LogP contribution is 2.31. The molecule has 0 aliphatic heterocycles. The second-order valence-electron chi connectivity index (χ2n) is 2.91. The van der Waals surface area contributed by atoms with Crippen molar-refractivity contribution in [3.8, 4) is 11.8 Å². The summed E-state index contributed by atoms with van der Waals surface area (Å²) in [6, 6.07) is 6.20. The molecule has 15 heavy (non-hydrogen) atoms. The Bertz CT molecular complexity index is 381. The lowest BCUT2D eigenvalue weighted by molar-refractivity contribution is -0.137. The Labute approximate surface area is 84.9 Å². The first-order valence-electron chi connectivity index (χ1n) is 4.17. The summed E-state index contributed by atoms with van der Waals surface area (Å²) in [5.74, 6) is 0.0406. The highest BCUT2D eigenvalue weighted by Gasteiger charge is 2.30. The van der Waals surface area contributed by atoms with E-state index in [-0.39, 0.29) is 5.75 Å². The summed E-state index contributed by atoms with van der Waals surface area (Å²) in [6.07, 6.45) is -5.16. The Kier molecular flexibility index (Phi) is 3.20. The summed E-state index contributed by atoms with van der Waals surface area (Å²) in [4.78, 5) is 0. The van der Waals surface area contributed by atoms with E-state index in [0.717, 1.165) is 12.1 Å². The molecule has 1 rings (SSSR count). The zero-order valence-electron chi connectivity index (χ0n) is 7.88. The smallest absolute Gasteiger partial charge is 0.416 e. The van der Waals surface area contributed by atoms with Gasteiger partial charge in [-0.3, -0.25) is 0 Å². The summed E-state index contributed by atoms with van der Waals surface area (Å²) < 4.78 is 41.7. The molecule has 0 bridgehead atoms. The molecule has 0 heterocycles. The first kappa shape index (κ1) is 11.4. The van der Waals surface area contributed by atoms with Crippen LogP contribution in [0.5, 0.6) is 5.75 Å². The molecule has 1 aromatic rings. The van der Waals surface area contributed by atoms with Crippen LogP contribution in [0, 0.1) is 11.3 Å². The largest absolute Gasteiger partial charge is 0.476 e. The van der Waals surface area contributed by atoms with Crippen molar-refractivity contribution in [2.24, 2.45) is 0 Å². The van der Waals surface area contributed by atoms with E-state index in [1.165, 1.54) is 19.1 Å². The Morgan fingerprint density at radius 2 is 2.07 bits per heavy atom. The Hall–Kier alpha value is -1.70. The van der Waals surface area contributed by atoms with Crippen molar-refractivity contribution in [1.29, 1.82) is 5.26 Å². The fourth-order valence-electron chi connectivity index (χ4n) is 0.976. The van der Waals surface area contributed by atoms with Crippen molar-refractivity contribution >= 4 is 0 Å². The summed E-state index contributed by atoms with van der Waals surface area (Å²) >= 11 is 0. The topological polar surface area (TPSA) is 33.0 Å². The van der Waals surface area contributed by atoms with Crippen molar-refractivity contribution in [2.75, 3.05) is 0 Å². The van der Waals surface area contributed by atoms with E-state index < -0.39 is 17.8 Å². The summed E-state index contributed by atoms with van der Waals surface area (Å²) in [5.41, 5.74) is -0.787. The fourth-order valence-corrected chi connectivity index (χ4v) is 0.976. The zero-order chi connectivity index (χ0) is 11.5. The van der Waals surface area contributed by atoms with Gasteiger partial charge in [0, 0.05) is 0 Å². The average Bonchev–Trinajstić information content (AvgIpc) is 2.17. The van der Waals surface area contributed by atoms with Crippen LogP contribution in [0.25, 0.3) is 0 Å². The van der Waals surface area contributed by atoms with Crippen LogP contribution in [0.4, 0.5) is 13.2 Å². The molecule has 0 aliphatic carbocycles. The molecular weight excluding hydrogens is 207 g/mol. The van der Waals surface area contributed by atoms with Gasteiger partial charge in [0.15, 0.2) is 6.10 Å². The van der Waals surface area contributed by atoms with E-state index in [2.05, 4.69) is 0 Å². The fraction of sp³-hybridized carbons (Fsp3) is 0.300. The minimum absolute atomic E-state index is 0.0406. The first-order valence-corrected chi connectivity index (χ1v) is 4.17. The molecule has 0 unspecified atom stereocenters. The predicted octanol–water partition coefficient (Wildman–Crippen LogP) is 3.00. The maximum atomic E-state index is 12.3. The van der Waals surface area contributed by atoms with Gasteiger partial charge in [-0.05, 0) is 25.1 Å². The number of hydrogen-bond donors (Lipinski definition) is 0. The van der Waals surface area contributed by atoms with E-state index in [0.29, 0.717) is 0 Å². The molecule has 0 aliphatic rings. The minimum Gasteiger partial charge on any atom is -0.476 e. The second kappa shape index (κ2) is 4.22. The Morgan fingerprint density at radius 3 is 2.60 bits per heavy atom. The van der Waals surface area contributed by atoms with Gasteiger partial charge in [-0.2, -0.15) is 18.4 Å². The van der Waals surface area contributed by atoms with Crippen LogP contribution in [0.2, 0.25) is 0 Å². The molecule has 0 fully saturated rings. The van der Waals surface area contributed by atoms with E-state index in [9.17, 15) is 13.2 Å². The van der Waals surface area contributed by atoms with E-state index >= 15 is 0 Å². The highest BCUT2D eigenvalue weighted by atomic mass is 19.4. The lowest BCUT2D eigenvalue weighted by Crippen LogP contribution is -2.10. The number of hydrogen-bond acceptors (Lipinski definition) is 2. The third-order valence-electron chi connectivity index (χ3n) is 1.66. The molecule has 0 saturated carbocycles. The van der Waals surface area contributed by atoms with Crippen LogP contribution >= 0.6 is 0 Å². The molecule has 1 atom stereocenters. The molecule has 0 spiro atoms. The SMILES string of the molecule is C[C@H](C#N)Oc1cccc(C(F)(F)F)c1. The monoisotopic (exact) mass is 215 g/mol. The van der Waals surface area contributed by atoms with Gasteiger partial charge in [0.1, 0.15) is 11.8 Å². The molecule has 0 saturated heterocycles. The van der Waals surface area contributed by atoms with Crippen LogP contribution in [-0.2, 0) is 6.18 Å². The van der Waals surface area contributed by atoms with Crippen LogP contribution < -0.4 is 4.74 Å². The van der Waals surface area contributed by atoms with Gasteiger partial charge in [0.05, 0.1) is 5.56 Å². The molecule has 80 valence electrons. The van der Waals surface area contributed by atoms with Crippen molar-refractivity contribution in [3.63, 3.8) is 0 Å². The first-order chi connectivity index (χ1) is 6.93. The quantitative estimate of drug-likeness (QED) is 0.759. The van der Waals surface area contributed by atoms with E-state index in [1.807, 2.05) is 0 Å². The minimum atomic E-state index is -4.39. The van der Waals surface area contributed by atoms with Gasteiger partial charge in [0.2, 0.25) is 0 Å². The van der Waals surface area contributed by atoms with Crippen LogP contribution in [0.3, 0.4) is 0 Å². The second-order valence-corrected chi connectivity index (χ2v) is 2.91. The molecule has 0 amide bonds. The standard InChI is InChI=1S/C10H8F3NO/c1-7(6-14)15-9-4-2-3-8(5-9)10(11,12)13/h2-5,7H,1H3/t7-/m1/s1. The van der Waals surface area contributed by atoms with E-state index in [4.69, 9.17) is 10.00 Å². The van der Waals surface area contributed by atoms with Gasteiger partial charge in [-0.25, -0.2) is 0 Å². The molecule has 0 N–H and O–H groups in total. The van der Waals surface area contributed by atoms with Crippen molar-refractivity contribution < 1.29 is 17.9 Å². The predicted molar refractivity (Wildman–Crippen MR) is 47.1 cm³/mol. The molecule has 2 nitrogen and oxygen atoms in total. The van der Waals surface area contributed by atoms with Crippen molar-refractivity contribution in [3.05, 3.63) is 29.8 Å². The molecule has 5 heteroatoms. The summed E-state index contributed by atoms with van der Waals surface area (Å²) in [6.45, 7) is 1.46. The third kappa shape index (κ3) is 3.17. The maximum absolute atomic E-state index is 12.3. The van der Waals surface area contributed by atoms with Gasteiger partial charge in [0.25, 0.3) is 0 Å². The maximum Gasteiger partial charge on any atom is 0.416 e. The van der Waals surface area contributed by atoms with Crippen LogP contribution in [0.1, 0.15) is 12.5 Å². The third-order valence-corrected chi connectivity index (χ3v) is 1.66. The van der Waals surface area contributed by atoms with Crippen molar-refractivity contribution in [1.82, 2.24) is 0 Å². The van der Waals surface area contributed by atoms with Crippen molar-refractivity contribution in [2.45, 2.75) is 19.2 Å². The normalized spacial score (nSPS) is 13.0. The van der Waals surface area contributed by atoms with Gasteiger partial charge in [-0.1, -0.05) is 6.07 Å². The number of alkyl halides is 3. The lowest BCUT2D eigenvalue weighted by atomic mass is 10.2. The number of halogens is 3. The molecule has 0 aromatic heterocycles. The van der Waals surface area contributed by atoms with Gasteiger partial charge in [-0.15, -0.1) is 0 Å². The Morgan fingerprint density at radius 1 is 1.40 bits per heavy atom. The van der Waals surface area contributed by atoms with Gasteiger partial charge < -0.3 is 4.74 Å². The van der Waals surface area contributed by atoms with Crippen LogP contribution in [-0.4, -0.2) is 6.10 Å². The highest BCUT2D eigenvalue weighted by molar-refractivity contribution is 5.30. The summed E-state index contributed by atoms with van der Waals surface area (Å²) in [7, 11) is 0.